The van der Waals surface area contributed by atoms with Crippen LogP contribution in [0.2, 0.25) is 0 Å². The Morgan fingerprint density at radius 3 is 2.05 bits per heavy atom. The van der Waals surface area contributed by atoms with Crippen molar-refractivity contribution >= 4 is 17.9 Å². The minimum Gasteiger partial charge on any atom is -0.444 e. The number of aryl methyl sites for hydroxylation is 1. The van der Waals surface area contributed by atoms with Gasteiger partial charge in [0, 0.05) is 12.1 Å². The van der Waals surface area contributed by atoms with E-state index in [0.29, 0.717) is 6.54 Å². The fraction of sp³-hybridized carbons (Fsp3) is 0.719. The Morgan fingerprint density at radius 2 is 1.51 bits per heavy atom. The van der Waals surface area contributed by atoms with Crippen LogP contribution in [0.1, 0.15) is 124 Å². The van der Waals surface area contributed by atoms with Crippen LogP contribution >= 0.6 is 0 Å². The highest BCUT2D eigenvalue weighted by molar-refractivity contribution is 5.92. The molecule has 0 aliphatic heterocycles. The van der Waals surface area contributed by atoms with E-state index in [1.54, 1.807) is 25.7 Å². The zero-order valence-electron chi connectivity index (χ0n) is 26.5. The molecule has 0 aliphatic rings. The van der Waals surface area contributed by atoms with E-state index in [4.69, 9.17) is 4.74 Å². The van der Waals surface area contributed by atoms with Gasteiger partial charge < -0.3 is 20.3 Å². The van der Waals surface area contributed by atoms with Crippen molar-refractivity contribution in [3.63, 3.8) is 0 Å². The molecule has 0 saturated heterocycles. The number of carbonyl (C=O) groups excluding carboxylic acids is 3. The second-order valence-electron chi connectivity index (χ2n) is 13.1. The molecule has 0 aromatic heterocycles. The SMILES string of the molecule is CCCCCCCCN(C(=O)C(NC(=O)OC(C)(C)C)C(C)C)C(C(=O)NC(C)(C)C)c1cccc(C)c1C. The molecule has 1 aromatic carbocycles. The van der Waals surface area contributed by atoms with E-state index in [-0.39, 0.29) is 17.7 Å². The summed E-state index contributed by atoms with van der Waals surface area (Å²) in [6.07, 6.45) is 5.70. The summed E-state index contributed by atoms with van der Waals surface area (Å²) in [6, 6.07) is 4.21. The number of ether oxygens (including phenoxy) is 1. The second kappa shape index (κ2) is 15.3. The Balaban J connectivity index is 3.53. The molecule has 2 atom stereocenters. The highest BCUT2D eigenvalue weighted by Gasteiger charge is 2.38. The van der Waals surface area contributed by atoms with Crippen LogP contribution in [0.25, 0.3) is 0 Å². The first-order valence-corrected chi connectivity index (χ1v) is 14.7. The van der Waals surface area contributed by atoms with Gasteiger partial charge in [-0.1, -0.05) is 71.1 Å². The molecule has 7 heteroatoms. The van der Waals surface area contributed by atoms with Crippen molar-refractivity contribution in [3.8, 4) is 0 Å². The van der Waals surface area contributed by atoms with Crippen LogP contribution in [-0.2, 0) is 14.3 Å². The third-order valence-corrected chi connectivity index (χ3v) is 6.64. The Hall–Kier alpha value is -2.57. The molecule has 222 valence electrons. The van der Waals surface area contributed by atoms with Crippen LogP contribution < -0.4 is 10.6 Å². The summed E-state index contributed by atoms with van der Waals surface area (Å²) in [5.41, 5.74) is 1.67. The van der Waals surface area contributed by atoms with E-state index in [1.165, 1.54) is 12.8 Å². The summed E-state index contributed by atoms with van der Waals surface area (Å²) >= 11 is 0. The van der Waals surface area contributed by atoms with Crippen LogP contribution in [0.3, 0.4) is 0 Å². The molecule has 2 unspecified atom stereocenters. The van der Waals surface area contributed by atoms with Crippen molar-refractivity contribution in [1.29, 1.82) is 0 Å². The molecule has 0 saturated carbocycles. The quantitative estimate of drug-likeness (QED) is 0.261. The zero-order valence-corrected chi connectivity index (χ0v) is 26.5. The molecular formula is C32H55N3O4. The molecular weight excluding hydrogens is 490 g/mol. The van der Waals surface area contributed by atoms with Crippen molar-refractivity contribution in [2.75, 3.05) is 6.54 Å². The lowest BCUT2D eigenvalue weighted by Gasteiger charge is -2.37. The summed E-state index contributed by atoms with van der Waals surface area (Å²) in [5.74, 6) is -0.711. The van der Waals surface area contributed by atoms with Crippen molar-refractivity contribution in [2.24, 2.45) is 5.92 Å². The van der Waals surface area contributed by atoms with Crippen LogP contribution in [0.5, 0.6) is 0 Å². The number of rotatable bonds is 13. The number of hydrogen-bond acceptors (Lipinski definition) is 4. The Kier molecular flexibility index (Phi) is 13.5. The lowest BCUT2D eigenvalue weighted by molar-refractivity contribution is -0.144. The third-order valence-electron chi connectivity index (χ3n) is 6.64. The van der Waals surface area contributed by atoms with Gasteiger partial charge in [-0.25, -0.2) is 4.79 Å². The maximum Gasteiger partial charge on any atom is 0.408 e. The van der Waals surface area contributed by atoms with Crippen LogP contribution in [0.15, 0.2) is 18.2 Å². The van der Waals surface area contributed by atoms with Crippen LogP contribution in [-0.4, -0.2) is 46.5 Å². The van der Waals surface area contributed by atoms with Crippen molar-refractivity contribution in [3.05, 3.63) is 34.9 Å². The standard InChI is InChI=1S/C32H55N3O4/c1-12-13-14-15-16-17-21-35(29(37)26(22(2)3)33-30(38)39-32(9,10)11)27(28(36)34-31(6,7)8)25-20-18-19-23(4)24(25)5/h18-20,22,26-27H,12-17,21H2,1-11H3,(H,33,38)(H,34,36). The maximum atomic E-state index is 14.3. The predicted octanol–water partition coefficient (Wildman–Crippen LogP) is 7.00. The fourth-order valence-electron chi connectivity index (χ4n) is 4.51. The van der Waals surface area contributed by atoms with E-state index in [9.17, 15) is 14.4 Å². The van der Waals surface area contributed by atoms with E-state index in [2.05, 4.69) is 17.6 Å². The summed E-state index contributed by atoms with van der Waals surface area (Å²) in [5, 5.41) is 5.92. The molecule has 0 spiro atoms. The number of nitrogens with one attached hydrogen (secondary N) is 2. The van der Waals surface area contributed by atoms with Gasteiger partial charge in [-0.2, -0.15) is 0 Å². The molecule has 39 heavy (non-hydrogen) atoms. The Bertz CT molecular complexity index is 944. The minimum absolute atomic E-state index is 0.206. The Labute approximate surface area is 237 Å². The summed E-state index contributed by atoms with van der Waals surface area (Å²) < 4.78 is 5.48. The largest absolute Gasteiger partial charge is 0.444 e. The van der Waals surface area contributed by atoms with Gasteiger partial charge in [0.05, 0.1) is 0 Å². The summed E-state index contributed by atoms with van der Waals surface area (Å²) in [6.45, 7) is 21.6. The van der Waals surface area contributed by atoms with Gasteiger partial charge in [0.2, 0.25) is 11.8 Å². The normalized spacial score (nSPS) is 13.5. The molecule has 0 aliphatic carbocycles. The first-order chi connectivity index (χ1) is 18.0. The first kappa shape index (κ1) is 34.5. The van der Waals surface area contributed by atoms with E-state index < -0.39 is 29.3 Å². The molecule has 0 heterocycles. The molecule has 1 aromatic rings. The molecule has 3 amide bonds. The number of benzene rings is 1. The average molecular weight is 546 g/mol. The van der Waals surface area contributed by atoms with Gasteiger partial charge in [0.25, 0.3) is 0 Å². The third kappa shape index (κ3) is 12.0. The van der Waals surface area contributed by atoms with E-state index in [1.807, 2.05) is 66.7 Å². The van der Waals surface area contributed by atoms with Gasteiger partial charge in [0.15, 0.2) is 0 Å². The monoisotopic (exact) mass is 545 g/mol. The fourth-order valence-corrected chi connectivity index (χ4v) is 4.51. The summed E-state index contributed by atoms with van der Waals surface area (Å²) in [4.78, 5) is 42.7. The van der Waals surface area contributed by atoms with E-state index in [0.717, 1.165) is 42.4 Å². The highest BCUT2D eigenvalue weighted by atomic mass is 16.6. The Morgan fingerprint density at radius 1 is 0.923 bits per heavy atom. The van der Waals surface area contributed by atoms with Gasteiger partial charge >= 0.3 is 6.09 Å². The molecule has 2 N–H and O–H groups in total. The molecule has 1 rings (SSSR count). The molecule has 7 nitrogen and oxygen atoms in total. The highest BCUT2D eigenvalue weighted by Crippen LogP contribution is 2.29. The number of unbranched alkanes of at least 4 members (excludes halogenated alkanes) is 5. The summed E-state index contributed by atoms with van der Waals surface area (Å²) in [7, 11) is 0. The van der Waals surface area contributed by atoms with Crippen molar-refractivity contribution in [2.45, 2.75) is 138 Å². The number of nitrogens with zero attached hydrogens (tertiary/aromatic N) is 1. The molecule has 0 fully saturated rings. The second-order valence-corrected chi connectivity index (χ2v) is 13.1. The van der Waals surface area contributed by atoms with Gasteiger partial charge in [-0.05, 0) is 84.4 Å². The number of hydrogen-bond donors (Lipinski definition) is 2. The zero-order chi connectivity index (χ0) is 30.0. The number of amides is 3. The van der Waals surface area contributed by atoms with E-state index >= 15 is 0 Å². The number of carbonyl (C=O) groups is 3. The molecule has 0 bridgehead atoms. The van der Waals surface area contributed by atoms with Gasteiger partial charge in [0.1, 0.15) is 17.7 Å². The van der Waals surface area contributed by atoms with Crippen molar-refractivity contribution in [1.82, 2.24) is 15.5 Å². The lowest BCUT2D eigenvalue weighted by atomic mass is 9.93. The minimum atomic E-state index is -0.838. The van der Waals surface area contributed by atoms with Crippen LogP contribution in [0.4, 0.5) is 4.79 Å². The number of alkyl carbamates (subject to hydrolysis) is 1. The van der Waals surface area contributed by atoms with Crippen molar-refractivity contribution < 1.29 is 19.1 Å². The topological polar surface area (TPSA) is 87.7 Å². The first-order valence-electron chi connectivity index (χ1n) is 14.7. The lowest BCUT2D eigenvalue weighted by Crippen LogP contribution is -2.56. The predicted molar refractivity (Wildman–Crippen MR) is 160 cm³/mol. The molecule has 0 radical (unpaired) electrons. The van der Waals surface area contributed by atoms with Gasteiger partial charge in [-0.15, -0.1) is 0 Å². The average Bonchev–Trinajstić information content (AvgIpc) is 2.78. The van der Waals surface area contributed by atoms with Crippen LogP contribution in [0, 0.1) is 19.8 Å². The maximum absolute atomic E-state index is 14.3. The van der Waals surface area contributed by atoms with Gasteiger partial charge in [-0.3, -0.25) is 9.59 Å². The smallest absolute Gasteiger partial charge is 0.408 e.